The van der Waals surface area contributed by atoms with Crippen LogP contribution in [0, 0.1) is 13.8 Å². The third kappa shape index (κ3) is 4.26. The Labute approximate surface area is 156 Å². The highest BCUT2D eigenvalue weighted by Gasteiger charge is 2.29. The molecular weight excluding hydrogens is 348 g/mol. The Kier molecular flexibility index (Phi) is 5.96. The predicted octanol–water partition coefficient (Wildman–Crippen LogP) is 2.69. The molecule has 1 heterocycles. The summed E-state index contributed by atoms with van der Waals surface area (Å²) >= 11 is 0. The standard InChI is InChI=1S/C20H26N2O3S/c1-17-7-3-5-9-19(17)25-16-15-21-11-13-22(14-12-21)26(23,24)20-10-6-4-8-18(20)2/h3-10H,11-16H2,1-2H3. The van der Waals surface area contributed by atoms with Crippen molar-refractivity contribution < 1.29 is 13.2 Å². The normalized spacial score (nSPS) is 16.5. The molecule has 6 heteroatoms. The highest BCUT2D eigenvalue weighted by molar-refractivity contribution is 7.89. The first-order valence-electron chi connectivity index (χ1n) is 8.95. The van der Waals surface area contributed by atoms with E-state index < -0.39 is 10.0 Å². The van der Waals surface area contributed by atoms with Crippen molar-refractivity contribution in [2.24, 2.45) is 0 Å². The summed E-state index contributed by atoms with van der Waals surface area (Å²) in [4.78, 5) is 2.67. The van der Waals surface area contributed by atoms with Crippen molar-refractivity contribution >= 4 is 10.0 Å². The van der Waals surface area contributed by atoms with Crippen molar-refractivity contribution in [2.75, 3.05) is 39.3 Å². The first kappa shape index (κ1) is 18.9. The van der Waals surface area contributed by atoms with Gasteiger partial charge in [0.25, 0.3) is 0 Å². The number of para-hydroxylation sites is 1. The minimum absolute atomic E-state index is 0.413. The van der Waals surface area contributed by atoms with Gasteiger partial charge in [0.2, 0.25) is 10.0 Å². The molecule has 140 valence electrons. The van der Waals surface area contributed by atoms with Gasteiger partial charge in [-0.15, -0.1) is 0 Å². The van der Waals surface area contributed by atoms with Crippen LogP contribution in [0.25, 0.3) is 0 Å². The number of hydrogen-bond donors (Lipinski definition) is 0. The zero-order valence-corrected chi connectivity index (χ0v) is 16.2. The van der Waals surface area contributed by atoms with Crippen LogP contribution in [-0.4, -0.2) is 57.0 Å². The van der Waals surface area contributed by atoms with E-state index in [1.54, 1.807) is 16.4 Å². The summed E-state index contributed by atoms with van der Waals surface area (Å²) in [5.74, 6) is 0.910. The molecule has 2 aromatic rings. The highest BCUT2D eigenvalue weighted by atomic mass is 32.2. The van der Waals surface area contributed by atoms with Crippen LogP contribution in [0.5, 0.6) is 5.75 Å². The van der Waals surface area contributed by atoms with Gasteiger partial charge in [0.05, 0.1) is 4.90 Å². The molecule has 3 rings (SSSR count). The van der Waals surface area contributed by atoms with E-state index in [0.29, 0.717) is 24.6 Å². The molecule has 1 aliphatic rings. The Bertz CT molecular complexity index is 844. The van der Waals surface area contributed by atoms with Crippen LogP contribution in [0.4, 0.5) is 0 Å². The number of ether oxygens (including phenoxy) is 1. The van der Waals surface area contributed by atoms with Crippen molar-refractivity contribution in [2.45, 2.75) is 18.7 Å². The average Bonchev–Trinajstić information content (AvgIpc) is 2.64. The number of nitrogens with zero attached hydrogens (tertiary/aromatic N) is 2. The zero-order chi connectivity index (χ0) is 18.6. The number of piperazine rings is 1. The maximum Gasteiger partial charge on any atom is 0.243 e. The van der Waals surface area contributed by atoms with Crippen LogP contribution < -0.4 is 4.74 Å². The molecule has 0 spiro atoms. The van der Waals surface area contributed by atoms with E-state index in [9.17, 15) is 8.42 Å². The van der Waals surface area contributed by atoms with Gasteiger partial charge in [-0.05, 0) is 37.1 Å². The van der Waals surface area contributed by atoms with Crippen molar-refractivity contribution in [3.8, 4) is 5.75 Å². The lowest BCUT2D eigenvalue weighted by atomic mass is 10.2. The van der Waals surface area contributed by atoms with E-state index >= 15 is 0 Å². The van der Waals surface area contributed by atoms with Gasteiger partial charge in [0, 0.05) is 32.7 Å². The number of rotatable bonds is 6. The average molecular weight is 375 g/mol. The number of aryl methyl sites for hydroxylation is 2. The lowest BCUT2D eigenvalue weighted by Crippen LogP contribution is -2.49. The summed E-state index contributed by atoms with van der Waals surface area (Å²) in [5, 5.41) is 0. The molecule has 0 aromatic heterocycles. The van der Waals surface area contributed by atoms with Crippen LogP contribution in [0.15, 0.2) is 53.4 Å². The molecule has 0 aliphatic carbocycles. The summed E-state index contributed by atoms with van der Waals surface area (Å²) in [6, 6.07) is 15.1. The van der Waals surface area contributed by atoms with E-state index in [0.717, 1.165) is 36.5 Å². The third-order valence-electron chi connectivity index (χ3n) is 4.80. The van der Waals surface area contributed by atoms with Gasteiger partial charge in [-0.2, -0.15) is 4.31 Å². The Morgan fingerprint density at radius 2 is 1.50 bits per heavy atom. The summed E-state index contributed by atoms with van der Waals surface area (Å²) in [7, 11) is -3.41. The molecule has 1 aliphatic heterocycles. The van der Waals surface area contributed by atoms with Crippen LogP contribution in [-0.2, 0) is 10.0 Å². The summed E-state index contributed by atoms with van der Waals surface area (Å²) in [5.41, 5.74) is 1.92. The molecule has 2 aromatic carbocycles. The molecule has 1 fully saturated rings. The van der Waals surface area contributed by atoms with Gasteiger partial charge in [0.1, 0.15) is 12.4 Å². The Morgan fingerprint density at radius 1 is 0.885 bits per heavy atom. The van der Waals surface area contributed by atoms with Crippen molar-refractivity contribution in [3.63, 3.8) is 0 Å². The molecule has 0 N–H and O–H groups in total. The van der Waals surface area contributed by atoms with E-state index in [-0.39, 0.29) is 0 Å². The first-order valence-corrected chi connectivity index (χ1v) is 10.4. The molecule has 0 radical (unpaired) electrons. The minimum atomic E-state index is -3.41. The van der Waals surface area contributed by atoms with Gasteiger partial charge in [-0.3, -0.25) is 4.90 Å². The summed E-state index contributed by atoms with van der Waals surface area (Å²) < 4.78 is 33.1. The quantitative estimate of drug-likeness (QED) is 0.780. The predicted molar refractivity (Wildman–Crippen MR) is 103 cm³/mol. The molecule has 0 saturated carbocycles. The van der Waals surface area contributed by atoms with Crippen molar-refractivity contribution in [1.82, 2.24) is 9.21 Å². The van der Waals surface area contributed by atoms with E-state index in [4.69, 9.17) is 4.74 Å². The molecule has 0 bridgehead atoms. The number of benzene rings is 2. The lowest BCUT2D eigenvalue weighted by molar-refractivity contribution is 0.158. The van der Waals surface area contributed by atoms with Crippen LogP contribution in [0.3, 0.4) is 0 Å². The van der Waals surface area contributed by atoms with Crippen molar-refractivity contribution in [3.05, 3.63) is 59.7 Å². The topological polar surface area (TPSA) is 49.9 Å². The van der Waals surface area contributed by atoms with E-state index in [2.05, 4.69) is 4.90 Å². The Balaban J connectivity index is 1.51. The number of hydrogen-bond acceptors (Lipinski definition) is 4. The van der Waals surface area contributed by atoms with E-state index in [1.807, 2.05) is 50.2 Å². The first-order chi connectivity index (χ1) is 12.5. The maximum absolute atomic E-state index is 12.8. The monoisotopic (exact) mass is 374 g/mol. The maximum atomic E-state index is 12.8. The fourth-order valence-electron chi connectivity index (χ4n) is 3.18. The molecule has 26 heavy (non-hydrogen) atoms. The van der Waals surface area contributed by atoms with Crippen molar-refractivity contribution in [1.29, 1.82) is 0 Å². The third-order valence-corrected chi connectivity index (χ3v) is 6.86. The molecule has 0 amide bonds. The van der Waals surface area contributed by atoms with Crippen LogP contribution in [0.1, 0.15) is 11.1 Å². The summed E-state index contributed by atoms with van der Waals surface area (Å²) in [6.45, 7) is 7.76. The number of sulfonamides is 1. The largest absolute Gasteiger partial charge is 0.492 e. The van der Waals surface area contributed by atoms with E-state index in [1.165, 1.54) is 0 Å². The van der Waals surface area contributed by atoms with Gasteiger partial charge in [-0.1, -0.05) is 36.4 Å². The molecule has 0 atom stereocenters. The second kappa shape index (κ2) is 8.20. The van der Waals surface area contributed by atoms with Gasteiger partial charge in [0.15, 0.2) is 0 Å². The second-order valence-electron chi connectivity index (χ2n) is 6.63. The fourth-order valence-corrected chi connectivity index (χ4v) is 4.83. The van der Waals surface area contributed by atoms with Gasteiger partial charge in [-0.25, -0.2) is 8.42 Å². The van der Waals surface area contributed by atoms with Crippen LogP contribution in [0.2, 0.25) is 0 Å². The smallest absolute Gasteiger partial charge is 0.243 e. The molecule has 1 saturated heterocycles. The highest BCUT2D eigenvalue weighted by Crippen LogP contribution is 2.21. The summed E-state index contributed by atoms with van der Waals surface area (Å²) in [6.07, 6.45) is 0. The second-order valence-corrected chi connectivity index (χ2v) is 8.53. The van der Waals surface area contributed by atoms with Gasteiger partial charge < -0.3 is 4.74 Å². The fraction of sp³-hybridized carbons (Fsp3) is 0.400. The minimum Gasteiger partial charge on any atom is -0.492 e. The molecule has 0 unspecified atom stereocenters. The SMILES string of the molecule is Cc1ccccc1OCCN1CCN(S(=O)(=O)c2ccccc2C)CC1. The lowest BCUT2D eigenvalue weighted by Gasteiger charge is -2.34. The zero-order valence-electron chi connectivity index (χ0n) is 15.4. The Morgan fingerprint density at radius 3 is 2.15 bits per heavy atom. The molecule has 5 nitrogen and oxygen atoms in total. The molecular formula is C20H26N2O3S. The van der Waals surface area contributed by atoms with Crippen LogP contribution >= 0.6 is 0 Å². The van der Waals surface area contributed by atoms with Gasteiger partial charge >= 0.3 is 0 Å². The Hall–Kier alpha value is -1.89.